The van der Waals surface area contributed by atoms with Crippen molar-refractivity contribution in [2.24, 2.45) is 0 Å². The molecule has 0 fully saturated rings. The summed E-state index contributed by atoms with van der Waals surface area (Å²) >= 11 is 0. The van der Waals surface area contributed by atoms with Crippen LogP contribution in [0.15, 0.2) is 67.1 Å². The second kappa shape index (κ2) is 3.74. The van der Waals surface area contributed by atoms with Gasteiger partial charge in [0.05, 0.1) is 11.6 Å². The van der Waals surface area contributed by atoms with E-state index in [9.17, 15) is 0 Å². The van der Waals surface area contributed by atoms with E-state index in [0.717, 1.165) is 11.2 Å². The zero-order valence-electron chi connectivity index (χ0n) is 8.75. The Kier molecular flexibility index (Phi) is 2.11. The minimum Gasteiger partial charge on any atom is -0.258 e. The lowest BCUT2D eigenvalue weighted by Gasteiger charge is -1.98. The molecule has 2 heterocycles. The summed E-state index contributed by atoms with van der Waals surface area (Å²) in [5.41, 5.74) is 2.28. The van der Waals surface area contributed by atoms with Gasteiger partial charge in [-0.3, -0.25) is 4.98 Å². The molecule has 3 aromatic rings. The summed E-state index contributed by atoms with van der Waals surface area (Å²) in [4.78, 5) is 4.18. The van der Waals surface area contributed by atoms with Crippen LogP contribution < -0.4 is 4.57 Å². The first kappa shape index (κ1) is 9.04. The van der Waals surface area contributed by atoms with Crippen molar-refractivity contribution < 1.29 is 4.57 Å². The van der Waals surface area contributed by atoms with Crippen LogP contribution in [0.3, 0.4) is 0 Å². The highest BCUT2D eigenvalue weighted by molar-refractivity contribution is 5.74. The fraction of sp³-hybridized carbons (Fsp3) is 0. The van der Waals surface area contributed by atoms with Crippen LogP contribution in [-0.4, -0.2) is 4.98 Å². The third-order valence-electron chi connectivity index (χ3n) is 2.64. The summed E-state index contributed by atoms with van der Waals surface area (Å²) in [5.74, 6) is 0. The van der Waals surface area contributed by atoms with E-state index in [4.69, 9.17) is 0 Å². The molecule has 2 aromatic heterocycles. The number of hydrogen-bond acceptors (Lipinski definition) is 1. The number of nitrogens with zero attached hydrogens (tertiary/aromatic N) is 2. The van der Waals surface area contributed by atoms with Crippen molar-refractivity contribution in [3.05, 3.63) is 67.1 Å². The van der Waals surface area contributed by atoms with Gasteiger partial charge in [0.1, 0.15) is 0 Å². The number of pyridine rings is 2. The molecule has 0 aliphatic rings. The van der Waals surface area contributed by atoms with Gasteiger partial charge in [-0.1, -0.05) is 18.2 Å². The van der Waals surface area contributed by atoms with E-state index in [1.165, 1.54) is 5.39 Å². The first-order valence-corrected chi connectivity index (χ1v) is 5.25. The summed E-state index contributed by atoms with van der Waals surface area (Å²) in [6.07, 6.45) is 5.76. The molecule has 16 heavy (non-hydrogen) atoms. The lowest BCUT2D eigenvalue weighted by Crippen LogP contribution is -2.30. The summed E-state index contributed by atoms with van der Waals surface area (Å²) in [6, 6.07) is 16.4. The Morgan fingerprint density at radius 2 is 1.75 bits per heavy atom. The van der Waals surface area contributed by atoms with Crippen LogP contribution in [-0.2, 0) is 0 Å². The first-order valence-electron chi connectivity index (χ1n) is 5.25. The monoisotopic (exact) mass is 207 g/mol. The second-order valence-electron chi connectivity index (χ2n) is 3.65. The molecule has 3 rings (SSSR count). The number of fused-ring (bicyclic) bond motifs is 1. The lowest BCUT2D eigenvalue weighted by molar-refractivity contribution is -0.567. The van der Waals surface area contributed by atoms with E-state index in [-0.39, 0.29) is 0 Å². The Labute approximate surface area is 93.8 Å². The van der Waals surface area contributed by atoms with Gasteiger partial charge in [-0.2, -0.15) is 4.57 Å². The van der Waals surface area contributed by atoms with Crippen LogP contribution in [0.4, 0.5) is 0 Å². The molecular formula is C14H11N2+. The second-order valence-corrected chi connectivity index (χ2v) is 3.65. The number of hydrogen-bond donors (Lipinski definition) is 0. The topological polar surface area (TPSA) is 16.8 Å². The maximum absolute atomic E-state index is 4.18. The highest BCUT2D eigenvalue weighted by Gasteiger charge is 2.09. The van der Waals surface area contributed by atoms with Gasteiger partial charge in [-0.15, -0.1) is 0 Å². The van der Waals surface area contributed by atoms with Crippen LogP contribution in [0.2, 0.25) is 0 Å². The predicted octanol–water partition coefficient (Wildman–Crippen LogP) is 2.51. The SMILES string of the molecule is c1ccc(-[n+]2cccc3ccncc32)cc1. The Balaban J connectivity index is 2.32. The van der Waals surface area contributed by atoms with Gasteiger partial charge in [0.15, 0.2) is 6.20 Å². The average Bonchev–Trinajstić information content (AvgIpc) is 2.39. The quantitative estimate of drug-likeness (QED) is 0.560. The van der Waals surface area contributed by atoms with Crippen molar-refractivity contribution in [1.82, 2.24) is 4.98 Å². The van der Waals surface area contributed by atoms with Crippen molar-refractivity contribution in [1.29, 1.82) is 0 Å². The summed E-state index contributed by atoms with van der Waals surface area (Å²) in [7, 11) is 0. The van der Waals surface area contributed by atoms with Crippen molar-refractivity contribution in [3.8, 4) is 5.69 Å². The molecule has 0 atom stereocenters. The first-order chi connectivity index (χ1) is 7.95. The molecule has 0 saturated carbocycles. The van der Waals surface area contributed by atoms with Crippen molar-refractivity contribution >= 4 is 10.9 Å². The summed E-state index contributed by atoms with van der Waals surface area (Å²) in [5, 5.41) is 1.20. The van der Waals surface area contributed by atoms with Gasteiger partial charge in [-0.05, 0) is 12.1 Å². The summed E-state index contributed by atoms with van der Waals surface area (Å²) in [6.45, 7) is 0. The predicted molar refractivity (Wildman–Crippen MR) is 63.3 cm³/mol. The van der Waals surface area contributed by atoms with E-state index < -0.39 is 0 Å². The van der Waals surface area contributed by atoms with E-state index >= 15 is 0 Å². The molecule has 76 valence electrons. The van der Waals surface area contributed by atoms with E-state index in [0.29, 0.717) is 0 Å². The highest BCUT2D eigenvalue weighted by Crippen LogP contribution is 2.09. The molecular weight excluding hydrogens is 196 g/mol. The van der Waals surface area contributed by atoms with Gasteiger partial charge in [0, 0.05) is 24.4 Å². The molecule has 2 nitrogen and oxygen atoms in total. The minimum atomic E-state index is 1.12. The van der Waals surface area contributed by atoms with Gasteiger partial charge in [0.25, 0.3) is 0 Å². The fourth-order valence-corrected chi connectivity index (χ4v) is 1.87. The molecule has 0 amide bonds. The number of rotatable bonds is 1. The van der Waals surface area contributed by atoms with Crippen LogP contribution in [0.5, 0.6) is 0 Å². The lowest BCUT2D eigenvalue weighted by atomic mass is 10.2. The largest absolute Gasteiger partial charge is 0.258 e. The summed E-state index contributed by atoms with van der Waals surface area (Å²) < 4.78 is 2.14. The Morgan fingerprint density at radius 1 is 0.875 bits per heavy atom. The number of benzene rings is 1. The van der Waals surface area contributed by atoms with Crippen LogP contribution in [0, 0.1) is 0 Å². The molecule has 0 radical (unpaired) electrons. The fourth-order valence-electron chi connectivity index (χ4n) is 1.87. The molecule has 0 aliphatic carbocycles. The third-order valence-corrected chi connectivity index (χ3v) is 2.64. The molecule has 0 unspecified atom stereocenters. The Morgan fingerprint density at radius 3 is 2.62 bits per heavy atom. The highest BCUT2D eigenvalue weighted by atomic mass is 15.0. The Bertz CT molecular complexity index is 612. The molecule has 2 heteroatoms. The Hall–Kier alpha value is -2.22. The van der Waals surface area contributed by atoms with E-state index in [1.807, 2.05) is 36.7 Å². The maximum Gasteiger partial charge on any atom is 0.236 e. The third kappa shape index (κ3) is 1.44. The van der Waals surface area contributed by atoms with E-state index in [1.54, 1.807) is 0 Å². The van der Waals surface area contributed by atoms with Crippen molar-refractivity contribution in [2.45, 2.75) is 0 Å². The molecule has 1 aromatic carbocycles. The molecule has 0 saturated heterocycles. The minimum absolute atomic E-state index is 1.12. The van der Waals surface area contributed by atoms with Crippen molar-refractivity contribution in [2.75, 3.05) is 0 Å². The molecule has 0 spiro atoms. The molecule has 0 bridgehead atoms. The smallest absolute Gasteiger partial charge is 0.236 e. The number of para-hydroxylation sites is 1. The van der Waals surface area contributed by atoms with E-state index in [2.05, 4.69) is 40.0 Å². The van der Waals surface area contributed by atoms with Gasteiger partial charge in [-0.25, -0.2) is 0 Å². The van der Waals surface area contributed by atoms with Crippen LogP contribution >= 0.6 is 0 Å². The van der Waals surface area contributed by atoms with Gasteiger partial charge < -0.3 is 0 Å². The molecule has 0 N–H and O–H groups in total. The average molecular weight is 207 g/mol. The van der Waals surface area contributed by atoms with Crippen molar-refractivity contribution in [3.63, 3.8) is 0 Å². The van der Waals surface area contributed by atoms with Gasteiger partial charge in [0.2, 0.25) is 11.2 Å². The maximum atomic E-state index is 4.18. The number of aromatic nitrogens is 2. The standard InChI is InChI=1S/C14H11N2/c1-2-6-13(7-3-1)16-10-4-5-12-8-9-15-11-14(12)16/h1-11H/q+1. The van der Waals surface area contributed by atoms with Gasteiger partial charge >= 0.3 is 0 Å². The van der Waals surface area contributed by atoms with Crippen LogP contribution in [0.1, 0.15) is 0 Å². The molecule has 0 aliphatic heterocycles. The van der Waals surface area contributed by atoms with Crippen LogP contribution in [0.25, 0.3) is 16.6 Å². The zero-order valence-corrected chi connectivity index (χ0v) is 8.75. The normalized spacial score (nSPS) is 10.5. The zero-order chi connectivity index (χ0) is 10.8.